The van der Waals surface area contributed by atoms with Crippen molar-refractivity contribution in [2.24, 2.45) is 11.8 Å². The number of rotatable bonds is 4. The molecule has 1 amide bonds. The van der Waals surface area contributed by atoms with Gasteiger partial charge >= 0.3 is 6.01 Å². The molecule has 3 aromatic rings. The third-order valence-corrected chi connectivity index (χ3v) is 4.29. The van der Waals surface area contributed by atoms with E-state index in [1.54, 1.807) is 18.5 Å². The first-order valence-electron chi connectivity index (χ1n) is 7.81. The summed E-state index contributed by atoms with van der Waals surface area (Å²) in [5.41, 5.74) is 2.46. The fourth-order valence-corrected chi connectivity index (χ4v) is 2.73. The average molecular weight is 323 g/mol. The van der Waals surface area contributed by atoms with Crippen LogP contribution in [0.1, 0.15) is 13.3 Å². The Kier molecular flexibility index (Phi) is 3.41. The molecular weight excluding hydrogens is 306 g/mol. The third-order valence-electron chi connectivity index (χ3n) is 4.29. The molecule has 0 radical (unpaired) electrons. The number of hydrogen-bond acceptors (Lipinski definition) is 5. The average Bonchev–Trinajstić information content (AvgIpc) is 3.18. The fraction of sp³-hybridized carbons (Fsp3) is 0.294. The highest BCUT2D eigenvalue weighted by atomic mass is 16.5. The van der Waals surface area contributed by atoms with Gasteiger partial charge in [-0.15, -0.1) is 0 Å². The lowest BCUT2D eigenvalue weighted by Crippen LogP contribution is -2.15. The van der Waals surface area contributed by atoms with Crippen molar-refractivity contribution in [3.05, 3.63) is 30.6 Å². The minimum Gasteiger partial charge on any atom is -0.467 e. The number of nitrogens with one attached hydrogen (secondary N) is 2. The van der Waals surface area contributed by atoms with Crippen molar-refractivity contribution in [3.63, 3.8) is 0 Å². The Balaban J connectivity index is 1.62. The van der Waals surface area contributed by atoms with Gasteiger partial charge in [0.2, 0.25) is 5.91 Å². The Morgan fingerprint density at radius 2 is 2.21 bits per heavy atom. The zero-order chi connectivity index (χ0) is 16.7. The second-order valence-electron chi connectivity index (χ2n) is 6.08. The van der Waals surface area contributed by atoms with Crippen molar-refractivity contribution in [1.82, 2.24) is 19.9 Å². The van der Waals surface area contributed by atoms with Gasteiger partial charge in [-0.25, -0.2) is 9.97 Å². The highest BCUT2D eigenvalue weighted by Gasteiger charge is 2.39. The van der Waals surface area contributed by atoms with E-state index in [1.165, 1.54) is 7.11 Å². The smallest absolute Gasteiger partial charge is 0.316 e. The Hall–Kier alpha value is -2.96. The molecule has 3 heterocycles. The molecule has 7 heteroatoms. The Labute approximate surface area is 138 Å². The number of methoxy groups -OCH3 is 1. The molecule has 2 N–H and O–H groups in total. The predicted octanol–water partition coefficient (Wildman–Crippen LogP) is 2.62. The molecule has 0 saturated heterocycles. The van der Waals surface area contributed by atoms with Crippen LogP contribution in [0.4, 0.5) is 5.82 Å². The number of aromatic nitrogens is 4. The zero-order valence-electron chi connectivity index (χ0n) is 13.4. The summed E-state index contributed by atoms with van der Waals surface area (Å²) in [6.45, 7) is 2.08. The molecule has 1 saturated carbocycles. The van der Waals surface area contributed by atoms with Crippen molar-refractivity contribution in [1.29, 1.82) is 0 Å². The van der Waals surface area contributed by atoms with Crippen LogP contribution in [0.3, 0.4) is 0 Å². The predicted molar refractivity (Wildman–Crippen MR) is 89.6 cm³/mol. The van der Waals surface area contributed by atoms with Crippen LogP contribution in [0.15, 0.2) is 30.6 Å². The molecule has 1 fully saturated rings. The lowest BCUT2D eigenvalue weighted by Gasteiger charge is -2.03. The highest BCUT2D eigenvalue weighted by molar-refractivity contribution is 5.95. The minimum atomic E-state index is 0.0432. The number of fused-ring (bicyclic) bond motifs is 1. The van der Waals surface area contributed by atoms with Crippen LogP contribution in [-0.2, 0) is 4.79 Å². The summed E-state index contributed by atoms with van der Waals surface area (Å²) in [7, 11) is 1.53. The van der Waals surface area contributed by atoms with Gasteiger partial charge in [0.05, 0.1) is 24.0 Å². The van der Waals surface area contributed by atoms with Gasteiger partial charge in [-0.1, -0.05) is 6.92 Å². The van der Waals surface area contributed by atoms with Gasteiger partial charge < -0.3 is 15.0 Å². The third kappa shape index (κ3) is 2.68. The number of carbonyl (C=O) groups excluding carboxylic acids is 1. The van der Waals surface area contributed by atoms with Crippen molar-refractivity contribution in [2.45, 2.75) is 13.3 Å². The van der Waals surface area contributed by atoms with Gasteiger partial charge in [-0.3, -0.25) is 4.79 Å². The minimum absolute atomic E-state index is 0.0432. The van der Waals surface area contributed by atoms with Crippen LogP contribution < -0.4 is 10.1 Å². The molecular formula is C17H17N5O2. The number of carbonyl (C=O) groups is 1. The summed E-state index contributed by atoms with van der Waals surface area (Å²) < 4.78 is 5.05. The molecule has 1 aliphatic rings. The van der Waals surface area contributed by atoms with Gasteiger partial charge in [0.15, 0.2) is 0 Å². The van der Waals surface area contributed by atoms with Crippen LogP contribution in [0, 0.1) is 11.8 Å². The molecule has 0 bridgehead atoms. The molecule has 122 valence electrons. The highest BCUT2D eigenvalue weighted by Crippen LogP contribution is 2.38. The van der Waals surface area contributed by atoms with E-state index in [4.69, 9.17) is 4.74 Å². The first kappa shape index (κ1) is 14.6. The monoisotopic (exact) mass is 323 g/mol. The van der Waals surface area contributed by atoms with E-state index < -0.39 is 0 Å². The number of hydrogen-bond donors (Lipinski definition) is 2. The molecule has 0 unspecified atom stereocenters. The van der Waals surface area contributed by atoms with E-state index in [-0.39, 0.29) is 11.8 Å². The molecule has 0 aromatic carbocycles. The Morgan fingerprint density at radius 1 is 1.38 bits per heavy atom. The van der Waals surface area contributed by atoms with Crippen molar-refractivity contribution >= 4 is 22.6 Å². The van der Waals surface area contributed by atoms with Gasteiger partial charge in [0.25, 0.3) is 0 Å². The fourth-order valence-electron chi connectivity index (χ4n) is 2.73. The number of aromatic amines is 1. The van der Waals surface area contributed by atoms with Gasteiger partial charge in [0, 0.05) is 29.8 Å². The van der Waals surface area contributed by atoms with E-state index in [0.29, 0.717) is 17.7 Å². The summed E-state index contributed by atoms with van der Waals surface area (Å²) in [5, 5.41) is 3.82. The largest absolute Gasteiger partial charge is 0.467 e. The molecule has 1 aliphatic carbocycles. The van der Waals surface area contributed by atoms with Crippen LogP contribution in [0.5, 0.6) is 6.01 Å². The molecule has 7 nitrogen and oxygen atoms in total. The number of nitrogens with zero attached hydrogens (tertiary/aromatic N) is 3. The number of H-pyrrole nitrogens is 1. The van der Waals surface area contributed by atoms with Crippen LogP contribution >= 0.6 is 0 Å². The number of amides is 1. The second kappa shape index (κ2) is 5.59. The topological polar surface area (TPSA) is 92.8 Å². The quantitative estimate of drug-likeness (QED) is 0.770. The molecule has 4 rings (SSSR count). The second-order valence-corrected chi connectivity index (χ2v) is 6.08. The van der Waals surface area contributed by atoms with Crippen LogP contribution in [-0.4, -0.2) is 33.0 Å². The van der Waals surface area contributed by atoms with Crippen LogP contribution in [0.2, 0.25) is 0 Å². The van der Waals surface area contributed by atoms with E-state index in [9.17, 15) is 4.79 Å². The lowest BCUT2D eigenvalue weighted by atomic mass is 10.2. The van der Waals surface area contributed by atoms with Crippen molar-refractivity contribution in [3.8, 4) is 17.4 Å². The van der Waals surface area contributed by atoms with E-state index in [0.717, 1.165) is 28.7 Å². The standard InChI is InChI=1S/C17H17N5O2/c1-9-5-11(9)16(23)22-15-7-13-10(8-19-15)6-14(20-13)12-3-4-18-17(21-12)24-2/h3-4,6-9,11,20H,5H2,1-2H3,(H,19,22,23)/t9-,11-/m0/s1. The Morgan fingerprint density at radius 3 is 2.96 bits per heavy atom. The maximum atomic E-state index is 12.0. The summed E-state index contributed by atoms with van der Waals surface area (Å²) in [6, 6.07) is 5.91. The zero-order valence-corrected chi connectivity index (χ0v) is 13.4. The summed E-state index contributed by atoms with van der Waals surface area (Å²) in [4.78, 5) is 28.0. The SMILES string of the molecule is COc1nccc(-c2cc3cnc(NC(=O)[C@H]4C[C@@H]4C)cc3[nH]2)n1. The first-order valence-corrected chi connectivity index (χ1v) is 7.81. The number of ether oxygens (including phenoxy) is 1. The molecule has 2 atom stereocenters. The maximum absolute atomic E-state index is 12.0. The number of anilines is 1. The lowest BCUT2D eigenvalue weighted by molar-refractivity contribution is -0.117. The van der Waals surface area contributed by atoms with Crippen molar-refractivity contribution in [2.75, 3.05) is 12.4 Å². The maximum Gasteiger partial charge on any atom is 0.316 e. The normalized spacial score (nSPS) is 19.2. The number of pyridine rings is 1. The van der Waals surface area contributed by atoms with Crippen molar-refractivity contribution < 1.29 is 9.53 Å². The molecule has 24 heavy (non-hydrogen) atoms. The summed E-state index contributed by atoms with van der Waals surface area (Å²) >= 11 is 0. The van der Waals surface area contributed by atoms with E-state index in [2.05, 4.69) is 32.2 Å². The van der Waals surface area contributed by atoms with Crippen LogP contribution in [0.25, 0.3) is 22.3 Å². The molecule has 3 aromatic heterocycles. The summed E-state index contributed by atoms with van der Waals surface area (Å²) in [5.74, 6) is 1.19. The van der Waals surface area contributed by atoms with Gasteiger partial charge in [-0.2, -0.15) is 4.98 Å². The van der Waals surface area contributed by atoms with Gasteiger partial charge in [-0.05, 0) is 24.5 Å². The summed E-state index contributed by atoms with van der Waals surface area (Å²) in [6.07, 6.45) is 4.34. The van der Waals surface area contributed by atoms with E-state index in [1.807, 2.05) is 12.1 Å². The first-order chi connectivity index (χ1) is 11.6. The molecule has 0 spiro atoms. The Bertz CT molecular complexity index is 920. The molecule has 0 aliphatic heterocycles. The van der Waals surface area contributed by atoms with Gasteiger partial charge in [0.1, 0.15) is 5.82 Å². The van der Waals surface area contributed by atoms with E-state index >= 15 is 0 Å².